The lowest BCUT2D eigenvalue weighted by atomic mass is 10.0. The van der Waals surface area contributed by atoms with Gasteiger partial charge in [0.1, 0.15) is 0 Å². The smallest absolute Gasteiger partial charge is 0.340 e. The first-order chi connectivity index (χ1) is 16.3. The monoisotopic (exact) mass is 459 g/mol. The number of carbonyl (C=O) groups excluding carboxylic acids is 4. The first-order valence-electron chi connectivity index (χ1n) is 10.7. The molecule has 0 aliphatic heterocycles. The van der Waals surface area contributed by atoms with E-state index in [1.165, 1.54) is 6.07 Å². The Kier molecular flexibility index (Phi) is 8.12. The molecule has 0 saturated heterocycles. The molecule has 0 heterocycles. The maximum absolute atomic E-state index is 12.8. The third-order valence-electron chi connectivity index (χ3n) is 4.63. The molecule has 0 aliphatic rings. The fourth-order valence-electron chi connectivity index (χ4n) is 3.12. The van der Waals surface area contributed by atoms with Crippen LogP contribution in [-0.4, -0.2) is 36.3 Å². The number of rotatable bonds is 8. The number of nitrogens with one attached hydrogen (secondary N) is 3. The van der Waals surface area contributed by atoms with Crippen molar-refractivity contribution < 1.29 is 23.9 Å². The van der Waals surface area contributed by atoms with Crippen molar-refractivity contribution in [1.82, 2.24) is 5.32 Å². The molecule has 0 aromatic heterocycles. The second kappa shape index (κ2) is 11.4. The number of hydrogen-bond acceptors (Lipinski definition) is 5. The van der Waals surface area contributed by atoms with Crippen molar-refractivity contribution >= 4 is 35.1 Å². The second-order valence-electron chi connectivity index (χ2n) is 7.66. The maximum Gasteiger partial charge on any atom is 0.340 e. The fourth-order valence-corrected chi connectivity index (χ4v) is 3.12. The van der Waals surface area contributed by atoms with Crippen LogP contribution in [0.5, 0.6) is 0 Å². The highest BCUT2D eigenvalue weighted by Crippen LogP contribution is 2.20. The van der Waals surface area contributed by atoms with E-state index >= 15 is 0 Å². The fraction of sp³-hybridized carbons (Fsp3) is 0.154. The number of ketones is 1. The van der Waals surface area contributed by atoms with Crippen molar-refractivity contribution in [2.24, 2.45) is 0 Å². The van der Waals surface area contributed by atoms with Gasteiger partial charge in [0, 0.05) is 17.2 Å². The van der Waals surface area contributed by atoms with Gasteiger partial charge in [-0.3, -0.25) is 9.59 Å². The van der Waals surface area contributed by atoms with Crippen LogP contribution in [0.4, 0.5) is 16.2 Å². The van der Waals surface area contributed by atoms with Gasteiger partial charge in [0.25, 0.3) is 5.91 Å². The highest BCUT2D eigenvalue weighted by atomic mass is 16.5. The van der Waals surface area contributed by atoms with Gasteiger partial charge >= 0.3 is 12.0 Å². The summed E-state index contributed by atoms with van der Waals surface area (Å²) in [7, 11) is 0. The molecule has 0 aliphatic carbocycles. The van der Waals surface area contributed by atoms with Gasteiger partial charge in [0.15, 0.2) is 12.4 Å². The Labute approximate surface area is 197 Å². The molecule has 8 nitrogen and oxygen atoms in total. The molecule has 34 heavy (non-hydrogen) atoms. The number of esters is 1. The number of anilines is 2. The third kappa shape index (κ3) is 6.52. The van der Waals surface area contributed by atoms with Crippen LogP contribution in [0, 0.1) is 0 Å². The molecule has 0 radical (unpaired) electrons. The summed E-state index contributed by atoms with van der Waals surface area (Å²) in [5.74, 6) is -1.62. The number of urea groups is 1. The average molecular weight is 460 g/mol. The highest BCUT2D eigenvalue weighted by molar-refractivity contribution is 6.14. The van der Waals surface area contributed by atoms with Crippen LogP contribution in [0.15, 0.2) is 78.9 Å². The average Bonchev–Trinajstić information content (AvgIpc) is 2.83. The zero-order valence-corrected chi connectivity index (χ0v) is 18.8. The molecule has 8 heteroatoms. The van der Waals surface area contributed by atoms with E-state index in [2.05, 4.69) is 16.0 Å². The van der Waals surface area contributed by atoms with Crippen molar-refractivity contribution in [3.05, 3.63) is 95.6 Å². The van der Waals surface area contributed by atoms with Crippen molar-refractivity contribution in [2.45, 2.75) is 19.9 Å². The largest absolute Gasteiger partial charge is 0.452 e. The normalized spacial score (nSPS) is 10.3. The number of ether oxygens (including phenoxy) is 1. The van der Waals surface area contributed by atoms with Crippen molar-refractivity contribution in [3.63, 3.8) is 0 Å². The van der Waals surface area contributed by atoms with E-state index in [-0.39, 0.29) is 23.1 Å². The molecular weight excluding hydrogens is 434 g/mol. The number of para-hydroxylation sites is 2. The molecule has 0 fully saturated rings. The minimum atomic E-state index is -0.774. The SMILES string of the molecule is CC(C)NC(=O)Nc1ccccc1C(=O)OCC(=O)Nc1ccccc1C(=O)c1ccccc1. The summed E-state index contributed by atoms with van der Waals surface area (Å²) in [5, 5.41) is 7.88. The summed E-state index contributed by atoms with van der Waals surface area (Å²) >= 11 is 0. The molecule has 0 atom stereocenters. The molecular formula is C26H25N3O5. The second-order valence-corrected chi connectivity index (χ2v) is 7.66. The summed E-state index contributed by atoms with van der Waals surface area (Å²) in [6.45, 7) is 3.05. The Bertz CT molecular complexity index is 1190. The minimum absolute atomic E-state index is 0.0838. The number of amides is 3. The van der Waals surface area contributed by atoms with Crippen molar-refractivity contribution in [2.75, 3.05) is 17.2 Å². The van der Waals surface area contributed by atoms with Crippen LogP contribution in [0.25, 0.3) is 0 Å². The van der Waals surface area contributed by atoms with Gasteiger partial charge in [0.05, 0.1) is 16.9 Å². The molecule has 3 amide bonds. The predicted octanol–water partition coefficient (Wildman–Crippen LogP) is 4.24. The Hall–Kier alpha value is -4.46. The molecule has 3 rings (SSSR count). The van der Waals surface area contributed by atoms with E-state index in [0.717, 1.165) is 0 Å². The van der Waals surface area contributed by atoms with Crippen molar-refractivity contribution in [1.29, 1.82) is 0 Å². The standard InChI is InChI=1S/C26H25N3O5/c1-17(2)27-26(33)29-22-15-9-7-13-20(22)25(32)34-16-23(30)28-21-14-8-6-12-19(21)24(31)18-10-4-3-5-11-18/h3-15,17H,16H2,1-2H3,(H,28,30)(H2,27,29,33). The van der Waals surface area contributed by atoms with Gasteiger partial charge in [-0.25, -0.2) is 9.59 Å². The lowest BCUT2D eigenvalue weighted by Crippen LogP contribution is -2.34. The maximum atomic E-state index is 12.8. The first kappa shape index (κ1) is 24.2. The van der Waals surface area contributed by atoms with Gasteiger partial charge in [-0.15, -0.1) is 0 Å². The Balaban J connectivity index is 1.64. The van der Waals surface area contributed by atoms with Crippen LogP contribution < -0.4 is 16.0 Å². The van der Waals surface area contributed by atoms with Crippen molar-refractivity contribution in [3.8, 4) is 0 Å². The lowest BCUT2D eigenvalue weighted by Gasteiger charge is -2.13. The number of benzene rings is 3. The topological polar surface area (TPSA) is 114 Å². The molecule has 0 spiro atoms. The molecule has 3 aromatic rings. The van der Waals surface area contributed by atoms with Crippen LogP contribution in [0.1, 0.15) is 40.1 Å². The molecule has 0 saturated carbocycles. The van der Waals surface area contributed by atoms with Gasteiger partial charge in [-0.1, -0.05) is 54.6 Å². The van der Waals surface area contributed by atoms with Gasteiger partial charge in [-0.2, -0.15) is 0 Å². The van der Waals surface area contributed by atoms with E-state index < -0.39 is 24.5 Å². The van der Waals surface area contributed by atoms with E-state index in [1.54, 1.807) is 66.7 Å². The zero-order chi connectivity index (χ0) is 24.5. The van der Waals surface area contributed by atoms with E-state index in [0.29, 0.717) is 16.8 Å². The highest BCUT2D eigenvalue weighted by Gasteiger charge is 2.18. The quantitative estimate of drug-likeness (QED) is 0.344. The van der Waals surface area contributed by atoms with Gasteiger partial charge in [0.2, 0.25) is 0 Å². The van der Waals surface area contributed by atoms with Crippen LogP contribution in [0.2, 0.25) is 0 Å². The minimum Gasteiger partial charge on any atom is -0.452 e. The third-order valence-corrected chi connectivity index (χ3v) is 4.63. The van der Waals surface area contributed by atoms with Crippen LogP contribution in [-0.2, 0) is 9.53 Å². The first-order valence-corrected chi connectivity index (χ1v) is 10.7. The predicted molar refractivity (Wildman–Crippen MR) is 129 cm³/mol. The summed E-state index contributed by atoms with van der Waals surface area (Å²) in [5.41, 5.74) is 1.48. The van der Waals surface area contributed by atoms with E-state index in [4.69, 9.17) is 4.74 Å². The number of hydrogen-bond donors (Lipinski definition) is 3. The van der Waals surface area contributed by atoms with E-state index in [9.17, 15) is 19.2 Å². The van der Waals surface area contributed by atoms with Crippen LogP contribution >= 0.6 is 0 Å². The summed E-state index contributed by atoms with van der Waals surface area (Å²) in [4.78, 5) is 49.8. The lowest BCUT2D eigenvalue weighted by molar-refractivity contribution is -0.119. The van der Waals surface area contributed by atoms with Gasteiger partial charge in [-0.05, 0) is 38.1 Å². The molecule has 0 unspecified atom stereocenters. The Morgan fingerprint density at radius 3 is 1.94 bits per heavy atom. The summed E-state index contributed by atoms with van der Waals surface area (Å²) in [6.07, 6.45) is 0. The Morgan fingerprint density at radius 2 is 1.29 bits per heavy atom. The van der Waals surface area contributed by atoms with E-state index in [1.807, 2.05) is 19.9 Å². The zero-order valence-electron chi connectivity index (χ0n) is 18.8. The number of carbonyl (C=O) groups is 4. The summed E-state index contributed by atoms with van der Waals surface area (Å²) in [6, 6.07) is 21.1. The molecule has 3 N–H and O–H groups in total. The van der Waals surface area contributed by atoms with Crippen LogP contribution in [0.3, 0.4) is 0 Å². The molecule has 0 bridgehead atoms. The molecule has 3 aromatic carbocycles. The summed E-state index contributed by atoms with van der Waals surface area (Å²) < 4.78 is 5.14. The van der Waals surface area contributed by atoms with Gasteiger partial charge < -0.3 is 20.7 Å². The Morgan fingerprint density at radius 1 is 0.735 bits per heavy atom. The molecule has 174 valence electrons.